The molecule has 0 aliphatic carbocycles. The Balaban J connectivity index is 2.99. The van der Waals surface area contributed by atoms with Gasteiger partial charge >= 0.3 is 23.9 Å². The summed E-state index contributed by atoms with van der Waals surface area (Å²) in [5, 5.41) is 0. The van der Waals surface area contributed by atoms with Crippen LogP contribution < -0.4 is 0 Å². The molecule has 0 radical (unpaired) electrons. The summed E-state index contributed by atoms with van der Waals surface area (Å²) in [4.78, 5) is 48.6. The Morgan fingerprint density at radius 1 is 0.439 bits per heavy atom. The fraction of sp³-hybridized carbons (Fsp3) is 0.920. The predicted octanol–water partition coefficient (Wildman–Crippen LogP) is 10.5. The van der Waals surface area contributed by atoms with Gasteiger partial charge in [0.1, 0.15) is 12.7 Å². The number of hydrogen-bond donors (Lipinski definition) is 0. The molecule has 1 rings (SSSR count). The molecule has 388 valence electrons. The number of ether oxygens (including phenoxy) is 6. The number of carbonyl (C=O) groups is 4. The molecule has 5 atom stereocenters. The van der Waals surface area contributed by atoms with Crippen LogP contribution >= 0.6 is 0 Å². The van der Waals surface area contributed by atoms with Gasteiger partial charge in [-0.25, -0.2) is 16.8 Å². The van der Waals surface area contributed by atoms with Gasteiger partial charge in [-0.15, -0.1) is 0 Å². The second-order valence-electron chi connectivity index (χ2n) is 18.7. The van der Waals surface area contributed by atoms with Crippen LogP contribution in [0, 0.1) is 5.92 Å². The molecule has 1 fully saturated rings. The molecule has 0 bridgehead atoms. The van der Waals surface area contributed by atoms with E-state index in [4.69, 9.17) is 28.4 Å². The Bertz CT molecular complexity index is 1450. The Hall–Kier alpha value is -2.30. The highest BCUT2D eigenvalue weighted by atomic mass is 32.2. The summed E-state index contributed by atoms with van der Waals surface area (Å²) < 4.78 is 88.2. The molecule has 0 saturated carbocycles. The standard InChI is InChI=1S/C50H92O14S2/c1-7-9-11-13-15-17-19-21-23-25-27-29-31-33-35-65(55,56)39-45(40-66(57,58)36-34-32-30-28-26-24-22-20-18-16-14-12-10-8-2)37-60-50-49(63-44(6)54)48(62-43(5)53)47(61-42(4)52)46(64-50)38-59-41(3)51/h45-50H,7-40H2,1-6H3/t46-,47+,48+,49-,50-/m1/s1. The molecular formula is C50H92O14S2. The highest BCUT2D eigenvalue weighted by Crippen LogP contribution is 2.31. The zero-order valence-corrected chi connectivity index (χ0v) is 43.7. The van der Waals surface area contributed by atoms with Crippen LogP contribution in [0.15, 0.2) is 0 Å². The van der Waals surface area contributed by atoms with E-state index in [1.54, 1.807) is 0 Å². The van der Waals surface area contributed by atoms with Gasteiger partial charge in [0.05, 0.1) is 29.6 Å². The predicted molar refractivity (Wildman–Crippen MR) is 259 cm³/mol. The minimum absolute atomic E-state index is 0.0976. The fourth-order valence-electron chi connectivity index (χ4n) is 8.62. The Morgan fingerprint density at radius 3 is 1.09 bits per heavy atom. The molecule has 14 nitrogen and oxygen atoms in total. The van der Waals surface area contributed by atoms with Crippen molar-refractivity contribution < 1.29 is 64.4 Å². The van der Waals surface area contributed by atoms with Gasteiger partial charge in [-0.2, -0.15) is 0 Å². The van der Waals surface area contributed by atoms with Crippen molar-refractivity contribution in [1.82, 2.24) is 0 Å². The van der Waals surface area contributed by atoms with Crippen molar-refractivity contribution in [2.45, 2.75) is 252 Å². The third-order valence-corrected chi connectivity index (χ3v) is 15.8. The second-order valence-corrected chi connectivity index (χ2v) is 23.1. The minimum Gasteiger partial charge on any atom is -0.463 e. The number of esters is 4. The quantitative estimate of drug-likeness (QED) is 0.0319. The number of rotatable bonds is 42. The highest BCUT2D eigenvalue weighted by Gasteiger charge is 2.53. The number of unbranched alkanes of at least 4 members (excludes halogenated alkanes) is 26. The molecule has 0 unspecified atom stereocenters. The monoisotopic (exact) mass is 981 g/mol. The number of hydrogen-bond acceptors (Lipinski definition) is 14. The lowest BCUT2D eigenvalue weighted by atomic mass is 9.98. The zero-order chi connectivity index (χ0) is 49.1. The second kappa shape index (κ2) is 37.6. The number of carbonyl (C=O) groups excluding carboxylic acids is 4. The van der Waals surface area contributed by atoms with Gasteiger partial charge in [0.15, 0.2) is 44.3 Å². The van der Waals surface area contributed by atoms with E-state index in [1.807, 2.05) is 0 Å². The lowest BCUT2D eigenvalue weighted by Crippen LogP contribution is -2.63. The van der Waals surface area contributed by atoms with E-state index in [0.29, 0.717) is 12.8 Å². The molecule has 0 amide bonds. The summed E-state index contributed by atoms with van der Waals surface area (Å²) in [6.45, 7) is 8.02. The van der Waals surface area contributed by atoms with Gasteiger partial charge < -0.3 is 28.4 Å². The maximum atomic E-state index is 13.6. The fourth-order valence-corrected chi connectivity index (χ4v) is 12.3. The molecular weight excluding hydrogens is 889 g/mol. The molecule has 66 heavy (non-hydrogen) atoms. The molecule has 0 aromatic rings. The smallest absolute Gasteiger partial charge is 0.303 e. The summed E-state index contributed by atoms with van der Waals surface area (Å²) in [7, 11) is -7.47. The summed E-state index contributed by atoms with van der Waals surface area (Å²) in [5.74, 6) is -5.26. The van der Waals surface area contributed by atoms with Crippen LogP contribution in [0.1, 0.15) is 221 Å². The van der Waals surface area contributed by atoms with Gasteiger partial charge in [-0.3, -0.25) is 19.2 Å². The van der Waals surface area contributed by atoms with E-state index < -0.39 is 105 Å². The van der Waals surface area contributed by atoms with Crippen LogP contribution in [-0.4, -0.2) is 108 Å². The zero-order valence-electron chi connectivity index (χ0n) is 42.0. The van der Waals surface area contributed by atoms with Crippen molar-refractivity contribution in [2.24, 2.45) is 5.92 Å². The van der Waals surface area contributed by atoms with E-state index in [1.165, 1.54) is 116 Å². The Kier molecular flexibility index (Phi) is 35.1. The van der Waals surface area contributed by atoms with E-state index >= 15 is 0 Å². The molecule has 0 aromatic heterocycles. The minimum atomic E-state index is -3.74. The van der Waals surface area contributed by atoms with Crippen LogP contribution in [0.2, 0.25) is 0 Å². The first-order valence-electron chi connectivity index (χ1n) is 25.8. The first-order valence-corrected chi connectivity index (χ1v) is 29.5. The maximum absolute atomic E-state index is 13.6. The van der Waals surface area contributed by atoms with Crippen LogP contribution in [-0.2, 0) is 67.3 Å². The van der Waals surface area contributed by atoms with Crippen molar-refractivity contribution >= 4 is 43.6 Å². The Morgan fingerprint density at radius 2 is 0.758 bits per heavy atom. The van der Waals surface area contributed by atoms with Crippen molar-refractivity contribution in [1.29, 1.82) is 0 Å². The average molecular weight is 981 g/mol. The highest BCUT2D eigenvalue weighted by molar-refractivity contribution is 7.92. The van der Waals surface area contributed by atoms with Crippen LogP contribution in [0.25, 0.3) is 0 Å². The van der Waals surface area contributed by atoms with Gasteiger partial charge in [0.25, 0.3) is 0 Å². The summed E-state index contributed by atoms with van der Waals surface area (Å²) in [6, 6.07) is 0. The van der Waals surface area contributed by atoms with Crippen molar-refractivity contribution in [3.8, 4) is 0 Å². The van der Waals surface area contributed by atoms with Crippen LogP contribution in [0.5, 0.6) is 0 Å². The van der Waals surface area contributed by atoms with E-state index in [9.17, 15) is 36.0 Å². The van der Waals surface area contributed by atoms with Gasteiger partial charge in [-0.05, 0) is 12.8 Å². The van der Waals surface area contributed by atoms with Crippen LogP contribution in [0.3, 0.4) is 0 Å². The first kappa shape index (κ1) is 61.7. The van der Waals surface area contributed by atoms with Crippen molar-refractivity contribution in [3.63, 3.8) is 0 Å². The normalized spacial score (nSPS) is 18.9. The lowest BCUT2D eigenvalue weighted by molar-refractivity contribution is -0.309. The lowest BCUT2D eigenvalue weighted by Gasteiger charge is -2.44. The third-order valence-electron chi connectivity index (χ3n) is 12.0. The third kappa shape index (κ3) is 32.4. The molecule has 0 aromatic carbocycles. The molecule has 0 N–H and O–H groups in total. The van der Waals surface area contributed by atoms with Gasteiger partial charge in [0, 0.05) is 33.6 Å². The molecule has 1 saturated heterocycles. The van der Waals surface area contributed by atoms with E-state index in [0.717, 1.165) is 79.1 Å². The van der Waals surface area contributed by atoms with Crippen LogP contribution in [0.4, 0.5) is 0 Å². The summed E-state index contributed by atoms with van der Waals surface area (Å²) >= 11 is 0. The van der Waals surface area contributed by atoms with Gasteiger partial charge in [-0.1, -0.05) is 181 Å². The molecule has 1 heterocycles. The molecule has 16 heteroatoms. The molecule has 0 spiro atoms. The molecule has 1 aliphatic rings. The SMILES string of the molecule is CCCCCCCCCCCCCCCCS(=O)(=O)CC(CO[C@@H]1O[C@H](COC(C)=O)[C@H](OC(C)=O)[C@H](OC(C)=O)[C@H]1OC(C)=O)CS(=O)(=O)CCCCCCCCCCCCCCCC. The van der Waals surface area contributed by atoms with Crippen molar-refractivity contribution in [3.05, 3.63) is 0 Å². The van der Waals surface area contributed by atoms with E-state index in [2.05, 4.69) is 13.8 Å². The topological polar surface area (TPSA) is 192 Å². The number of sulfone groups is 2. The first-order chi connectivity index (χ1) is 31.5. The summed E-state index contributed by atoms with van der Waals surface area (Å²) in [6.07, 6.45) is 24.3. The largest absolute Gasteiger partial charge is 0.463 e. The van der Waals surface area contributed by atoms with E-state index in [-0.39, 0.29) is 11.5 Å². The summed E-state index contributed by atoms with van der Waals surface area (Å²) in [5.41, 5.74) is 0. The maximum Gasteiger partial charge on any atom is 0.303 e. The molecule has 1 aliphatic heterocycles. The van der Waals surface area contributed by atoms with Gasteiger partial charge in [0.2, 0.25) is 0 Å². The average Bonchev–Trinajstić information content (AvgIpc) is 3.23. The van der Waals surface area contributed by atoms with Crippen molar-refractivity contribution in [2.75, 3.05) is 36.2 Å². The Labute approximate surface area is 400 Å².